The van der Waals surface area contributed by atoms with Crippen molar-refractivity contribution in [1.82, 2.24) is 9.55 Å². The molecule has 0 radical (unpaired) electrons. The number of benzene rings is 1. The zero-order valence-electron chi connectivity index (χ0n) is 16.2. The highest BCUT2D eigenvalue weighted by Gasteiger charge is 2.30. The van der Waals surface area contributed by atoms with Crippen molar-refractivity contribution >= 4 is 11.0 Å². The molecule has 0 amide bonds. The fourth-order valence-corrected chi connectivity index (χ4v) is 4.20. The molecule has 1 aliphatic carbocycles. The minimum absolute atomic E-state index is 0.185. The van der Waals surface area contributed by atoms with Gasteiger partial charge in [-0.05, 0) is 53.7 Å². The van der Waals surface area contributed by atoms with Crippen LogP contribution in [0.2, 0.25) is 0 Å². The highest BCUT2D eigenvalue weighted by atomic mass is 15.0. The van der Waals surface area contributed by atoms with Crippen molar-refractivity contribution in [1.29, 1.82) is 0 Å². The second-order valence-corrected chi connectivity index (χ2v) is 9.46. The van der Waals surface area contributed by atoms with E-state index < -0.39 is 0 Å². The highest BCUT2D eigenvalue weighted by Crippen LogP contribution is 2.41. The first-order valence-corrected chi connectivity index (χ1v) is 9.73. The predicted molar refractivity (Wildman–Crippen MR) is 103 cm³/mol. The fraction of sp³-hybridized carbons (Fsp3) is 0.682. The molecule has 132 valence electrons. The topological polar surface area (TPSA) is 17.8 Å². The first-order valence-electron chi connectivity index (χ1n) is 9.73. The van der Waals surface area contributed by atoms with Crippen LogP contribution in [0.15, 0.2) is 24.5 Å². The third kappa shape index (κ3) is 3.68. The summed E-state index contributed by atoms with van der Waals surface area (Å²) in [5, 5.41) is 0. The first kappa shape index (κ1) is 17.5. The van der Waals surface area contributed by atoms with Crippen LogP contribution in [-0.4, -0.2) is 9.55 Å². The standard InChI is InChI=1S/C22H34N2/c1-21(2,3)18-11-12-19-20(15-18)24(16-23-19)14-13-22(4,5)17-9-7-6-8-10-17/h11-12,15-17H,6-10,13-14H2,1-5H3. The van der Waals surface area contributed by atoms with Crippen LogP contribution in [0.4, 0.5) is 0 Å². The summed E-state index contributed by atoms with van der Waals surface area (Å²) in [6.45, 7) is 12.9. The van der Waals surface area contributed by atoms with Gasteiger partial charge in [-0.15, -0.1) is 0 Å². The summed E-state index contributed by atoms with van der Waals surface area (Å²) in [6, 6.07) is 6.75. The van der Waals surface area contributed by atoms with Gasteiger partial charge in [0.15, 0.2) is 0 Å². The molecule has 1 fully saturated rings. The Hall–Kier alpha value is -1.31. The van der Waals surface area contributed by atoms with Crippen molar-refractivity contribution in [3.63, 3.8) is 0 Å². The molecule has 1 heterocycles. The summed E-state index contributed by atoms with van der Waals surface area (Å²) in [6.07, 6.45) is 10.4. The van der Waals surface area contributed by atoms with Crippen LogP contribution in [0.25, 0.3) is 11.0 Å². The van der Waals surface area contributed by atoms with E-state index in [0.717, 1.165) is 18.0 Å². The number of imidazole rings is 1. The van der Waals surface area contributed by atoms with Crippen LogP contribution in [0.3, 0.4) is 0 Å². The number of fused-ring (bicyclic) bond motifs is 1. The Bertz CT molecular complexity index is 682. The van der Waals surface area contributed by atoms with Gasteiger partial charge >= 0.3 is 0 Å². The number of aryl methyl sites for hydroxylation is 1. The molecular formula is C22H34N2. The van der Waals surface area contributed by atoms with Gasteiger partial charge < -0.3 is 4.57 Å². The lowest BCUT2D eigenvalue weighted by Gasteiger charge is -2.37. The van der Waals surface area contributed by atoms with Crippen LogP contribution in [0, 0.1) is 11.3 Å². The van der Waals surface area contributed by atoms with Crippen LogP contribution < -0.4 is 0 Å². The molecule has 1 saturated carbocycles. The van der Waals surface area contributed by atoms with Crippen LogP contribution >= 0.6 is 0 Å². The van der Waals surface area contributed by atoms with E-state index in [1.807, 2.05) is 6.33 Å². The van der Waals surface area contributed by atoms with Gasteiger partial charge in [-0.2, -0.15) is 0 Å². The third-order valence-corrected chi connectivity index (χ3v) is 6.19. The molecule has 0 unspecified atom stereocenters. The molecule has 0 spiro atoms. The molecule has 2 heteroatoms. The molecule has 1 aliphatic rings. The summed E-state index contributed by atoms with van der Waals surface area (Å²) < 4.78 is 2.37. The van der Waals surface area contributed by atoms with E-state index in [1.54, 1.807) is 0 Å². The van der Waals surface area contributed by atoms with Crippen LogP contribution in [0.5, 0.6) is 0 Å². The summed E-state index contributed by atoms with van der Waals surface area (Å²) in [4.78, 5) is 4.62. The van der Waals surface area contributed by atoms with E-state index >= 15 is 0 Å². The summed E-state index contributed by atoms with van der Waals surface area (Å²) in [7, 11) is 0. The van der Waals surface area contributed by atoms with Crippen molar-refractivity contribution in [3.05, 3.63) is 30.1 Å². The number of hydrogen-bond acceptors (Lipinski definition) is 1. The molecule has 0 N–H and O–H groups in total. The lowest BCUT2D eigenvalue weighted by molar-refractivity contribution is 0.140. The molecule has 0 saturated heterocycles. The lowest BCUT2D eigenvalue weighted by Crippen LogP contribution is -2.27. The summed E-state index contributed by atoms with van der Waals surface area (Å²) in [5.41, 5.74) is 4.42. The number of hydrogen-bond donors (Lipinski definition) is 0. The Labute approximate surface area is 147 Å². The zero-order valence-corrected chi connectivity index (χ0v) is 16.2. The third-order valence-electron chi connectivity index (χ3n) is 6.19. The van der Waals surface area contributed by atoms with E-state index in [4.69, 9.17) is 0 Å². The van der Waals surface area contributed by atoms with Crippen molar-refractivity contribution in [2.45, 2.75) is 85.1 Å². The Kier molecular flexibility index (Phi) is 4.77. The maximum atomic E-state index is 4.62. The maximum Gasteiger partial charge on any atom is 0.0958 e. The predicted octanol–water partition coefficient (Wildman–Crippen LogP) is 6.33. The second-order valence-electron chi connectivity index (χ2n) is 9.46. The SMILES string of the molecule is CC(C)(C)c1ccc2ncn(CCC(C)(C)C3CCCCC3)c2c1. The number of aromatic nitrogens is 2. The summed E-state index contributed by atoms with van der Waals surface area (Å²) >= 11 is 0. The quantitative estimate of drug-likeness (QED) is 0.642. The van der Waals surface area contributed by atoms with Gasteiger partial charge in [-0.3, -0.25) is 0 Å². The molecule has 24 heavy (non-hydrogen) atoms. The molecule has 2 aromatic rings. The smallest absolute Gasteiger partial charge is 0.0958 e. The van der Waals surface area contributed by atoms with E-state index in [0.29, 0.717) is 5.41 Å². The summed E-state index contributed by atoms with van der Waals surface area (Å²) in [5.74, 6) is 0.895. The van der Waals surface area contributed by atoms with Crippen LogP contribution in [-0.2, 0) is 12.0 Å². The van der Waals surface area contributed by atoms with Crippen molar-refractivity contribution in [2.24, 2.45) is 11.3 Å². The zero-order chi connectivity index (χ0) is 17.4. The maximum absolute atomic E-state index is 4.62. The fourth-order valence-electron chi connectivity index (χ4n) is 4.20. The first-order chi connectivity index (χ1) is 11.3. The van der Waals surface area contributed by atoms with Gasteiger partial charge in [-0.25, -0.2) is 4.98 Å². The highest BCUT2D eigenvalue weighted by molar-refractivity contribution is 5.76. The van der Waals surface area contributed by atoms with Crippen molar-refractivity contribution in [2.75, 3.05) is 0 Å². The van der Waals surface area contributed by atoms with Crippen molar-refractivity contribution in [3.8, 4) is 0 Å². The molecular weight excluding hydrogens is 292 g/mol. The Morgan fingerprint density at radius 1 is 1.04 bits per heavy atom. The minimum atomic E-state index is 0.185. The lowest BCUT2D eigenvalue weighted by atomic mass is 9.69. The molecule has 0 atom stereocenters. The second kappa shape index (κ2) is 6.54. The molecule has 3 rings (SSSR count). The van der Waals surface area contributed by atoms with Gasteiger partial charge in [0.2, 0.25) is 0 Å². The normalized spacial score (nSPS) is 17.5. The van der Waals surface area contributed by atoms with E-state index in [9.17, 15) is 0 Å². The van der Waals surface area contributed by atoms with E-state index in [2.05, 4.69) is 62.4 Å². The molecule has 1 aromatic carbocycles. The molecule has 2 nitrogen and oxygen atoms in total. The molecule has 1 aromatic heterocycles. The van der Waals surface area contributed by atoms with Gasteiger partial charge in [0, 0.05) is 6.54 Å². The van der Waals surface area contributed by atoms with Crippen molar-refractivity contribution < 1.29 is 0 Å². The van der Waals surface area contributed by atoms with Crippen LogP contribution in [0.1, 0.15) is 78.7 Å². The van der Waals surface area contributed by atoms with E-state index in [1.165, 1.54) is 49.6 Å². The minimum Gasteiger partial charge on any atom is -0.331 e. The molecule has 0 aliphatic heterocycles. The van der Waals surface area contributed by atoms with Gasteiger partial charge in [0.1, 0.15) is 0 Å². The Balaban J connectivity index is 1.77. The number of nitrogens with zero attached hydrogens (tertiary/aromatic N) is 2. The Morgan fingerprint density at radius 3 is 2.42 bits per heavy atom. The largest absolute Gasteiger partial charge is 0.331 e. The average Bonchev–Trinajstić information content (AvgIpc) is 2.95. The average molecular weight is 327 g/mol. The Morgan fingerprint density at radius 2 is 1.75 bits per heavy atom. The van der Waals surface area contributed by atoms with Gasteiger partial charge in [0.05, 0.1) is 17.4 Å². The van der Waals surface area contributed by atoms with Gasteiger partial charge in [0.25, 0.3) is 0 Å². The van der Waals surface area contributed by atoms with E-state index in [-0.39, 0.29) is 5.41 Å². The number of rotatable bonds is 4. The molecule has 0 bridgehead atoms. The van der Waals surface area contributed by atoms with Gasteiger partial charge in [-0.1, -0.05) is 59.9 Å². The monoisotopic (exact) mass is 326 g/mol.